The molecule has 1 aliphatic carbocycles. The molecule has 1 aromatic carbocycles. The summed E-state index contributed by atoms with van der Waals surface area (Å²) in [6, 6.07) is 11.9. The van der Waals surface area contributed by atoms with Crippen molar-refractivity contribution in [1.29, 1.82) is 5.26 Å². The number of benzene rings is 1. The van der Waals surface area contributed by atoms with Crippen LogP contribution in [0.15, 0.2) is 48.9 Å². The molecular formula is C27H29N7O2. The Hall–Kier alpha value is -3.77. The fraction of sp³-hybridized carbons (Fsp3) is 0.444. The average Bonchev–Trinajstić information content (AvgIpc) is 3.54. The van der Waals surface area contributed by atoms with E-state index >= 15 is 0 Å². The molecule has 9 nitrogen and oxygen atoms in total. The first kappa shape index (κ1) is 22.7. The van der Waals surface area contributed by atoms with Gasteiger partial charge >= 0.3 is 0 Å². The van der Waals surface area contributed by atoms with Crippen molar-refractivity contribution in [2.45, 2.75) is 69.2 Å². The minimum absolute atomic E-state index is 0.0390. The summed E-state index contributed by atoms with van der Waals surface area (Å²) >= 11 is 0. The van der Waals surface area contributed by atoms with Crippen LogP contribution in [0.2, 0.25) is 0 Å². The summed E-state index contributed by atoms with van der Waals surface area (Å²) in [5, 5.41) is 26.9. The second kappa shape index (κ2) is 9.36. The molecule has 4 heterocycles. The third-order valence-electron chi connectivity index (χ3n) is 7.69. The van der Waals surface area contributed by atoms with Crippen LogP contribution in [0.4, 0.5) is 11.6 Å². The van der Waals surface area contributed by atoms with Gasteiger partial charge in [0.25, 0.3) is 5.91 Å². The van der Waals surface area contributed by atoms with Crippen molar-refractivity contribution in [1.82, 2.24) is 24.6 Å². The van der Waals surface area contributed by atoms with Crippen molar-refractivity contribution in [3.63, 3.8) is 0 Å². The lowest BCUT2D eigenvalue weighted by Crippen LogP contribution is -2.47. The maximum absolute atomic E-state index is 13.1. The molecule has 6 rings (SSSR count). The van der Waals surface area contributed by atoms with Crippen LogP contribution >= 0.6 is 0 Å². The van der Waals surface area contributed by atoms with Gasteiger partial charge in [0.05, 0.1) is 36.5 Å². The molecule has 3 fully saturated rings. The van der Waals surface area contributed by atoms with E-state index < -0.39 is 0 Å². The number of fused-ring (bicyclic) bond motifs is 2. The molecule has 184 valence electrons. The van der Waals surface area contributed by atoms with E-state index in [2.05, 4.69) is 26.5 Å². The first-order valence-electron chi connectivity index (χ1n) is 12.7. The summed E-state index contributed by atoms with van der Waals surface area (Å²) < 4.78 is 1.90. The fourth-order valence-electron chi connectivity index (χ4n) is 5.74. The largest absolute Gasteiger partial charge is 0.393 e. The molecule has 36 heavy (non-hydrogen) atoms. The second-order valence-electron chi connectivity index (χ2n) is 10.2. The van der Waals surface area contributed by atoms with Crippen molar-refractivity contribution in [2.24, 2.45) is 5.92 Å². The van der Waals surface area contributed by atoms with Crippen LogP contribution in [-0.2, 0) is 0 Å². The SMILES string of the molecule is N#CCC(C1CC1)n1cc(-c2ccnc(Nc3ccc(C(=O)N4[C@@H]5CC[C@H]4CC(O)C5)cc3)n2)cn1. The Labute approximate surface area is 209 Å². The molecule has 2 N–H and O–H groups in total. The highest BCUT2D eigenvalue weighted by molar-refractivity contribution is 5.95. The van der Waals surface area contributed by atoms with E-state index in [1.165, 1.54) is 0 Å². The number of amides is 1. The number of nitriles is 1. The maximum atomic E-state index is 13.1. The standard InChI is InChI=1S/C27H29N7O2/c28-11-9-25(17-1-2-17)33-16-19(15-30-33)24-10-12-29-27(32-24)31-20-5-3-18(4-6-20)26(36)34-21-7-8-22(34)14-23(35)13-21/h3-6,10,12,15-17,21-23,25,35H,1-2,7-9,13-14H2,(H,29,31,32)/t21-,22+,23?,25?. The number of aliphatic hydroxyl groups excluding tert-OH is 1. The number of aliphatic hydroxyl groups is 1. The predicted octanol–water partition coefficient (Wildman–Crippen LogP) is 4.08. The Morgan fingerprint density at radius 3 is 2.58 bits per heavy atom. The summed E-state index contributed by atoms with van der Waals surface area (Å²) in [7, 11) is 0. The Morgan fingerprint density at radius 2 is 1.89 bits per heavy atom. The van der Waals surface area contributed by atoms with E-state index in [0.29, 0.717) is 36.7 Å². The predicted molar refractivity (Wildman–Crippen MR) is 133 cm³/mol. The molecule has 4 atom stereocenters. The molecule has 2 aliphatic heterocycles. The van der Waals surface area contributed by atoms with Gasteiger partial charge in [-0.1, -0.05) is 0 Å². The zero-order valence-corrected chi connectivity index (χ0v) is 20.0. The molecule has 2 saturated heterocycles. The first-order chi connectivity index (χ1) is 17.6. The van der Waals surface area contributed by atoms with Gasteiger partial charge in [0.15, 0.2) is 0 Å². The lowest BCUT2D eigenvalue weighted by molar-refractivity contribution is 0.0287. The smallest absolute Gasteiger partial charge is 0.254 e. The van der Waals surface area contributed by atoms with Crippen molar-refractivity contribution in [3.8, 4) is 17.3 Å². The van der Waals surface area contributed by atoms with Gasteiger partial charge in [-0.15, -0.1) is 0 Å². The molecule has 2 bridgehead atoms. The van der Waals surface area contributed by atoms with Gasteiger partial charge in [-0.05, 0) is 74.8 Å². The monoisotopic (exact) mass is 483 g/mol. The zero-order valence-electron chi connectivity index (χ0n) is 20.0. The lowest BCUT2D eigenvalue weighted by Gasteiger charge is -2.37. The number of hydrogen-bond donors (Lipinski definition) is 2. The number of hydrogen-bond acceptors (Lipinski definition) is 7. The quantitative estimate of drug-likeness (QED) is 0.520. The van der Waals surface area contributed by atoms with E-state index in [1.807, 2.05) is 46.1 Å². The van der Waals surface area contributed by atoms with Crippen molar-refractivity contribution in [2.75, 3.05) is 5.32 Å². The van der Waals surface area contributed by atoms with E-state index in [9.17, 15) is 15.2 Å². The lowest BCUT2D eigenvalue weighted by atomic mass is 9.98. The van der Waals surface area contributed by atoms with Gasteiger partial charge in [-0.3, -0.25) is 9.48 Å². The van der Waals surface area contributed by atoms with Crippen LogP contribution in [0.5, 0.6) is 0 Å². The molecule has 2 aromatic heterocycles. The number of piperidine rings is 1. The van der Waals surface area contributed by atoms with Gasteiger partial charge in [-0.2, -0.15) is 10.4 Å². The van der Waals surface area contributed by atoms with Crippen molar-refractivity contribution in [3.05, 3.63) is 54.5 Å². The zero-order chi connectivity index (χ0) is 24.6. The maximum Gasteiger partial charge on any atom is 0.254 e. The number of carbonyl (C=O) groups is 1. The van der Waals surface area contributed by atoms with E-state index in [0.717, 1.165) is 42.6 Å². The van der Waals surface area contributed by atoms with Crippen LogP contribution in [0.1, 0.15) is 61.3 Å². The molecular weight excluding hydrogens is 454 g/mol. The molecule has 3 aliphatic rings. The van der Waals surface area contributed by atoms with Crippen LogP contribution in [-0.4, -0.2) is 53.8 Å². The number of anilines is 2. The topological polar surface area (TPSA) is 120 Å². The van der Waals surface area contributed by atoms with Crippen LogP contribution < -0.4 is 5.32 Å². The number of carbonyl (C=O) groups excluding carboxylic acids is 1. The summed E-state index contributed by atoms with van der Waals surface area (Å²) in [5.41, 5.74) is 3.07. The van der Waals surface area contributed by atoms with E-state index in [-0.39, 0.29) is 30.1 Å². The highest BCUT2D eigenvalue weighted by atomic mass is 16.3. The van der Waals surface area contributed by atoms with Gasteiger partial charge in [0.1, 0.15) is 0 Å². The minimum Gasteiger partial charge on any atom is -0.393 e. The van der Waals surface area contributed by atoms with Crippen LogP contribution in [0.25, 0.3) is 11.3 Å². The van der Waals surface area contributed by atoms with E-state index in [4.69, 9.17) is 0 Å². The molecule has 3 aromatic rings. The Bertz CT molecular complexity index is 1280. The molecule has 1 saturated carbocycles. The number of aromatic nitrogens is 4. The van der Waals surface area contributed by atoms with E-state index in [1.54, 1.807) is 12.4 Å². The van der Waals surface area contributed by atoms with Gasteiger partial charge < -0.3 is 15.3 Å². The highest BCUT2D eigenvalue weighted by Crippen LogP contribution is 2.41. The summed E-state index contributed by atoms with van der Waals surface area (Å²) in [5.74, 6) is 1.03. The number of nitrogens with zero attached hydrogens (tertiary/aromatic N) is 6. The Kier molecular flexibility index (Phi) is 5.89. The normalized spacial score (nSPS) is 23.8. The average molecular weight is 484 g/mol. The third-order valence-corrected chi connectivity index (χ3v) is 7.69. The molecule has 9 heteroatoms. The third kappa shape index (κ3) is 4.44. The molecule has 2 unspecified atom stereocenters. The van der Waals surface area contributed by atoms with Gasteiger partial charge in [0, 0.05) is 41.3 Å². The summed E-state index contributed by atoms with van der Waals surface area (Å²) in [6.45, 7) is 0. The first-order valence-corrected chi connectivity index (χ1v) is 12.7. The Balaban J connectivity index is 1.14. The second-order valence-corrected chi connectivity index (χ2v) is 10.2. The van der Waals surface area contributed by atoms with Gasteiger partial charge in [0.2, 0.25) is 5.95 Å². The minimum atomic E-state index is -0.291. The van der Waals surface area contributed by atoms with Crippen molar-refractivity contribution >= 4 is 17.5 Å². The van der Waals surface area contributed by atoms with Gasteiger partial charge in [-0.25, -0.2) is 9.97 Å². The fourth-order valence-corrected chi connectivity index (χ4v) is 5.74. The molecule has 0 spiro atoms. The van der Waals surface area contributed by atoms with Crippen LogP contribution in [0, 0.1) is 17.2 Å². The molecule has 1 amide bonds. The number of nitrogens with one attached hydrogen (secondary N) is 1. The van der Waals surface area contributed by atoms with Crippen LogP contribution in [0.3, 0.4) is 0 Å². The number of rotatable bonds is 7. The highest BCUT2D eigenvalue weighted by Gasteiger charge is 2.42. The molecule has 0 radical (unpaired) electrons. The summed E-state index contributed by atoms with van der Waals surface area (Å²) in [4.78, 5) is 24.1. The van der Waals surface area contributed by atoms with Crippen molar-refractivity contribution < 1.29 is 9.90 Å². The Morgan fingerprint density at radius 1 is 1.14 bits per heavy atom. The summed E-state index contributed by atoms with van der Waals surface area (Å²) in [6.07, 6.45) is 11.2.